The van der Waals surface area contributed by atoms with E-state index in [9.17, 15) is 9.59 Å². The van der Waals surface area contributed by atoms with Gasteiger partial charge in [-0.3, -0.25) is 9.59 Å². The topological polar surface area (TPSA) is 75.6 Å². The van der Waals surface area contributed by atoms with E-state index in [1.807, 2.05) is 24.3 Å². The summed E-state index contributed by atoms with van der Waals surface area (Å²) in [5.41, 5.74) is -0.211. The highest BCUT2D eigenvalue weighted by Gasteiger charge is 2.29. The molecule has 104 valence electrons. The fourth-order valence-electron chi connectivity index (χ4n) is 1.58. The highest BCUT2D eigenvalue weighted by atomic mass is 16.5. The zero-order chi connectivity index (χ0) is 14.5. The number of nitrogens with one attached hydrogen (secondary N) is 1. The molecule has 0 atom stereocenters. The maximum absolute atomic E-state index is 11.7. The van der Waals surface area contributed by atoms with Crippen LogP contribution in [0.5, 0.6) is 5.75 Å². The van der Waals surface area contributed by atoms with Gasteiger partial charge in [0.25, 0.3) is 0 Å². The SMILES string of the molecule is COc1ccccc1CNC(=O)CC(C)(C)C(=O)O. The second-order valence-electron chi connectivity index (χ2n) is 4.95. The first kappa shape index (κ1) is 15.0. The molecule has 0 fully saturated rings. The minimum atomic E-state index is -1.06. The van der Waals surface area contributed by atoms with Crippen LogP contribution in [-0.2, 0) is 16.1 Å². The molecule has 1 rings (SSSR count). The van der Waals surface area contributed by atoms with Crippen LogP contribution >= 0.6 is 0 Å². The molecule has 0 spiro atoms. The van der Waals surface area contributed by atoms with Crippen molar-refractivity contribution in [1.29, 1.82) is 0 Å². The normalized spacial score (nSPS) is 10.9. The summed E-state index contributed by atoms with van der Waals surface area (Å²) in [4.78, 5) is 22.7. The van der Waals surface area contributed by atoms with Crippen LogP contribution in [0.25, 0.3) is 0 Å². The Kier molecular flexibility index (Phi) is 4.92. The van der Waals surface area contributed by atoms with Crippen molar-refractivity contribution in [2.75, 3.05) is 7.11 Å². The largest absolute Gasteiger partial charge is 0.496 e. The van der Waals surface area contributed by atoms with Crippen LogP contribution in [0.4, 0.5) is 0 Å². The molecular formula is C14H19NO4. The first-order valence-corrected chi connectivity index (χ1v) is 5.99. The van der Waals surface area contributed by atoms with Crippen LogP contribution in [0.1, 0.15) is 25.8 Å². The molecule has 0 aliphatic carbocycles. The van der Waals surface area contributed by atoms with E-state index in [-0.39, 0.29) is 12.3 Å². The number of carboxylic acid groups (broad SMARTS) is 1. The Morgan fingerprint density at radius 1 is 1.32 bits per heavy atom. The smallest absolute Gasteiger partial charge is 0.309 e. The molecule has 0 radical (unpaired) electrons. The van der Waals surface area contributed by atoms with Crippen LogP contribution in [0.2, 0.25) is 0 Å². The summed E-state index contributed by atoms with van der Waals surface area (Å²) in [6.07, 6.45) is -0.0581. The van der Waals surface area contributed by atoms with Crippen molar-refractivity contribution in [1.82, 2.24) is 5.32 Å². The van der Waals surface area contributed by atoms with Crippen molar-refractivity contribution in [3.05, 3.63) is 29.8 Å². The van der Waals surface area contributed by atoms with E-state index in [1.54, 1.807) is 7.11 Å². The average molecular weight is 265 g/mol. The number of hydrogen-bond donors (Lipinski definition) is 2. The standard InChI is InChI=1S/C14H19NO4/c1-14(2,13(17)18)8-12(16)15-9-10-6-4-5-7-11(10)19-3/h4-7H,8-9H2,1-3H3,(H,15,16)(H,17,18). The predicted molar refractivity (Wildman–Crippen MR) is 70.9 cm³/mol. The minimum Gasteiger partial charge on any atom is -0.496 e. The number of carbonyl (C=O) groups is 2. The number of rotatable bonds is 6. The zero-order valence-electron chi connectivity index (χ0n) is 11.4. The third-order valence-electron chi connectivity index (χ3n) is 2.85. The lowest BCUT2D eigenvalue weighted by Gasteiger charge is -2.18. The monoisotopic (exact) mass is 265 g/mol. The molecular weight excluding hydrogens is 246 g/mol. The molecule has 0 unspecified atom stereocenters. The van der Waals surface area contributed by atoms with Gasteiger partial charge >= 0.3 is 5.97 Å². The van der Waals surface area contributed by atoms with Crippen molar-refractivity contribution in [3.8, 4) is 5.75 Å². The molecule has 0 bridgehead atoms. The fourth-order valence-corrected chi connectivity index (χ4v) is 1.58. The van der Waals surface area contributed by atoms with Gasteiger partial charge in [0.2, 0.25) is 5.91 Å². The van der Waals surface area contributed by atoms with E-state index in [0.29, 0.717) is 12.3 Å². The van der Waals surface area contributed by atoms with Gasteiger partial charge in [-0.05, 0) is 19.9 Å². The van der Waals surface area contributed by atoms with E-state index >= 15 is 0 Å². The van der Waals surface area contributed by atoms with Crippen LogP contribution in [0, 0.1) is 5.41 Å². The fraction of sp³-hybridized carbons (Fsp3) is 0.429. The van der Waals surface area contributed by atoms with Gasteiger partial charge in [-0.25, -0.2) is 0 Å². The van der Waals surface area contributed by atoms with Gasteiger partial charge in [0.05, 0.1) is 12.5 Å². The maximum Gasteiger partial charge on any atom is 0.309 e. The maximum atomic E-state index is 11.7. The van der Waals surface area contributed by atoms with Crippen LogP contribution in [0.15, 0.2) is 24.3 Å². The number of para-hydroxylation sites is 1. The van der Waals surface area contributed by atoms with Crippen LogP contribution < -0.4 is 10.1 Å². The lowest BCUT2D eigenvalue weighted by atomic mass is 9.89. The summed E-state index contributed by atoms with van der Waals surface area (Å²) in [5.74, 6) is -0.585. The van der Waals surface area contributed by atoms with Crippen LogP contribution in [0.3, 0.4) is 0 Å². The molecule has 19 heavy (non-hydrogen) atoms. The van der Waals surface area contributed by atoms with Crippen molar-refractivity contribution in [2.24, 2.45) is 5.41 Å². The predicted octanol–water partition coefficient (Wildman–Crippen LogP) is 1.81. The molecule has 0 aliphatic rings. The molecule has 0 heterocycles. The Morgan fingerprint density at radius 3 is 2.53 bits per heavy atom. The van der Waals surface area contributed by atoms with E-state index < -0.39 is 11.4 Å². The summed E-state index contributed by atoms with van der Waals surface area (Å²) in [7, 11) is 1.56. The third kappa shape index (κ3) is 4.28. The van der Waals surface area contributed by atoms with Gasteiger partial charge in [0.15, 0.2) is 0 Å². The summed E-state index contributed by atoms with van der Waals surface area (Å²) >= 11 is 0. The second kappa shape index (κ2) is 6.22. The summed E-state index contributed by atoms with van der Waals surface area (Å²) in [6.45, 7) is 3.37. The molecule has 0 saturated heterocycles. The number of benzene rings is 1. The van der Waals surface area contributed by atoms with Crippen molar-refractivity contribution in [3.63, 3.8) is 0 Å². The van der Waals surface area contributed by atoms with Crippen molar-refractivity contribution in [2.45, 2.75) is 26.8 Å². The number of aliphatic carboxylic acids is 1. The Hall–Kier alpha value is -2.04. The molecule has 2 N–H and O–H groups in total. The number of amides is 1. The summed E-state index contributed by atoms with van der Waals surface area (Å²) < 4.78 is 5.17. The van der Waals surface area contributed by atoms with E-state index in [1.165, 1.54) is 13.8 Å². The number of ether oxygens (including phenoxy) is 1. The lowest BCUT2D eigenvalue weighted by Crippen LogP contribution is -2.33. The molecule has 5 nitrogen and oxygen atoms in total. The number of carboxylic acids is 1. The van der Waals surface area contributed by atoms with Gasteiger partial charge in [-0.15, -0.1) is 0 Å². The van der Waals surface area contributed by atoms with Crippen molar-refractivity contribution < 1.29 is 19.4 Å². The van der Waals surface area contributed by atoms with Gasteiger partial charge in [0, 0.05) is 18.5 Å². The van der Waals surface area contributed by atoms with Gasteiger partial charge in [0.1, 0.15) is 5.75 Å². The highest BCUT2D eigenvalue weighted by Crippen LogP contribution is 2.21. The molecule has 5 heteroatoms. The summed E-state index contributed by atoms with van der Waals surface area (Å²) in [5, 5.41) is 11.7. The zero-order valence-corrected chi connectivity index (χ0v) is 11.4. The van der Waals surface area contributed by atoms with Gasteiger partial charge in [-0.1, -0.05) is 18.2 Å². The molecule has 1 amide bonds. The molecule has 0 saturated carbocycles. The quantitative estimate of drug-likeness (QED) is 0.822. The first-order chi connectivity index (χ1) is 8.86. The molecule has 1 aromatic carbocycles. The number of carbonyl (C=O) groups excluding carboxylic acids is 1. The van der Waals surface area contributed by atoms with E-state index in [4.69, 9.17) is 9.84 Å². The Labute approximate surface area is 112 Å². The van der Waals surface area contributed by atoms with E-state index in [2.05, 4.69) is 5.32 Å². The van der Waals surface area contributed by atoms with Gasteiger partial charge < -0.3 is 15.2 Å². The number of methoxy groups -OCH3 is 1. The second-order valence-corrected chi connectivity index (χ2v) is 4.95. The number of hydrogen-bond acceptors (Lipinski definition) is 3. The molecule has 0 aliphatic heterocycles. The minimum absolute atomic E-state index is 0.0581. The molecule has 1 aromatic rings. The van der Waals surface area contributed by atoms with Crippen molar-refractivity contribution >= 4 is 11.9 Å². The average Bonchev–Trinajstić information content (AvgIpc) is 2.36. The van der Waals surface area contributed by atoms with E-state index in [0.717, 1.165) is 5.56 Å². The highest BCUT2D eigenvalue weighted by molar-refractivity contribution is 5.84. The Morgan fingerprint density at radius 2 is 1.95 bits per heavy atom. The lowest BCUT2D eigenvalue weighted by molar-refractivity contribution is -0.149. The Balaban J connectivity index is 2.58. The van der Waals surface area contributed by atoms with Gasteiger partial charge in [-0.2, -0.15) is 0 Å². The summed E-state index contributed by atoms with van der Waals surface area (Å²) in [6, 6.07) is 7.35. The first-order valence-electron chi connectivity index (χ1n) is 5.99. The Bertz CT molecular complexity index is 468. The third-order valence-corrected chi connectivity index (χ3v) is 2.85. The molecule has 0 aromatic heterocycles. The van der Waals surface area contributed by atoms with Crippen LogP contribution in [-0.4, -0.2) is 24.1 Å².